The molecule has 0 spiro atoms. The first-order chi connectivity index (χ1) is 28.0. The summed E-state index contributed by atoms with van der Waals surface area (Å²) in [6, 6.07) is 0. The van der Waals surface area contributed by atoms with Crippen molar-refractivity contribution in [2.45, 2.75) is 194 Å². The van der Waals surface area contributed by atoms with Crippen LogP contribution in [0.1, 0.15) is 188 Å². The van der Waals surface area contributed by atoms with Crippen molar-refractivity contribution in [1.82, 2.24) is 0 Å². The molecule has 0 heterocycles. The Balaban J connectivity index is 4.48. The van der Waals surface area contributed by atoms with Gasteiger partial charge in [0, 0.05) is 19.3 Å². The molecule has 6 heteroatoms. The second-order valence-electron chi connectivity index (χ2n) is 14.8. The first kappa shape index (κ1) is 53.3. The van der Waals surface area contributed by atoms with E-state index in [0.29, 0.717) is 25.7 Å². The Morgan fingerprint density at radius 3 is 1.21 bits per heavy atom. The van der Waals surface area contributed by atoms with E-state index in [4.69, 9.17) is 14.2 Å². The lowest BCUT2D eigenvalue weighted by Crippen LogP contribution is -2.30. The third-order valence-electron chi connectivity index (χ3n) is 9.27. The molecule has 0 saturated heterocycles. The molecular weight excluding hydrogens is 709 g/mol. The number of allylic oxidation sites excluding steroid dienone is 16. The maximum absolute atomic E-state index is 12.7. The number of hydrogen-bond acceptors (Lipinski definition) is 6. The van der Waals surface area contributed by atoms with E-state index in [-0.39, 0.29) is 31.1 Å². The van der Waals surface area contributed by atoms with Gasteiger partial charge in [0.15, 0.2) is 6.10 Å². The van der Waals surface area contributed by atoms with Gasteiger partial charge < -0.3 is 14.2 Å². The van der Waals surface area contributed by atoms with E-state index < -0.39 is 6.10 Å². The number of esters is 3. The topological polar surface area (TPSA) is 78.9 Å². The summed E-state index contributed by atoms with van der Waals surface area (Å²) in [4.78, 5) is 37.7. The Morgan fingerprint density at radius 1 is 0.368 bits per heavy atom. The number of rotatable bonds is 39. The monoisotopic (exact) mass is 791 g/mol. The molecule has 0 fully saturated rings. The van der Waals surface area contributed by atoms with Crippen LogP contribution in [0.3, 0.4) is 0 Å². The van der Waals surface area contributed by atoms with Crippen molar-refractivity contribution in [3.05, 3.63) is 97.2 Å². The van der Waals surface area contributed by atoms with E-state index in [1.165, 1.54) is 77.0 Å². The molecule has 0 aromatic heterocycles. The van der Waals surface area contributed by atoms with Gasteiger partial charge in [-0.1, -0.05) is 208 Å². The van der Waals surface area contributed by atoms with Crippen molar-refractivity contribution in [2.24, 2.45) is 0 Å². The maximum atomic E-state index is 12.7. The van der Waals surface area contributed by atoms with Crippen LogP contribution in [0.5, 0.6) is 0 Å². The smallest absolute Gasteiger partial charge is 0.306 e. The molecule has 6 nitrogen and oxygen atoms in total. The summed E-state index contributed by atoms with van der Waals surface area (Å²) in [7, 11) is 0. The van der Waals surface area contributed by atoms with E-state index in [9.17, 15) is 14.4 Å². The van der Waals surface area contributed by atoms with E-state index in [1.807, 2.05) is 72.9 Å². The molecule has 0 N–H and O–H groups in total. The number of ether oxygens (including phenoxy) is 3. The molecule has 0 aromatic carbocycles. The van der Waals surface area contributed by atoms with Crippen molar-refractivity contribution in [1.29, 1.82) is 0 Å². The van der Waals surface area contributed by atoms with Crippen LogP contribution in [0.25, 0.3) is 0 Å². The van der Waals surface area contributed by atoms with Gasteiger partial charge in [-0.05, 0) is 57.8 Å². The average Bonchev–Trinajstić information content (AvgIpc) is 3.21. The number of carbonyl (C=O) groups is 3. The highest BCUT2D eigenvalue weighted by atomic mass is 16.6. The molecule has 0 bridgehead atoms. The molecule has 0 amide bonds. The zero-order valence-corrected chi connectivity index (χ0v) is 36.6. The SMILES string of the molecule is CC\C=C/C=C\C=C/C=C\C=C\C=C/C=C\CCCCCC(=O)OCC(COC(=O)CCC/C=C\CCCCCC)OC(=O)CCCCCCCCCCCCC. The van der Waals surface area contributed by atoms with Gasteiger partial charge in [-0.25, -0.2) is 0 Å². The molecule has 0 aliphatic rings. The van der Waals surface area contributed by atoms with Crippen molar-refractivity contribution in [2.75, 3.05) is 13.2 Å². The maximum Gasteiger partial charge on any atom is 0.306 e. The van der Waals surface area contributed by atoms with Gasteiger partial charge in [0.1, 0.15) is 13.2 Å². The minimum atomic E-state index is -0.803. The Hall–Kier alpha value is -3.67. The number of hydrogen-bond donors (Lipinski definition) is 0. The standard InChI is InChI=1S/C51H82O6/c1-4-7-10-13-16-19-21-22-23-24-25-26-27-28-30-32-35-38-41-44-50(53)56-47-48(46-55-49(52)43-40-37-34-31-18-15-12-9-6-3)57-51(54)45-42-39-36-33-29-20-17-14-11-8-5-2/h7,10,13,16,19,21-28,30-31,34,48H,4-6,8-9,11-12,14-15,17-18,20,29,32-33,35-47H2,1-3H3/b10-7-,16-13-,21-19-,23-22-,25-24+,27-26-,30-28-,34-31-. The Kier molecular flexibility index (Phi) is 42.1. The normalized spacial score (nSPS) is 13.0. The lowest BCUT2D eigenvalue weighted by Gasteiger charge is -2.18. The summed E-state index contributed by atoms with van der Waals surface area (Å²) < 4.78 is 16.6. The van der Waals surface area contributed by atoms with Crippen LogP contribution in [-0.4, -0.2) is 37.2 Å². The summed E-state index contributed by atoms with van der Waals surface area (Å²) in [5, 5.41) is 0. The largest absolute Gasteiger partial charge is 0.462 e. The van der Waals surface area contributed by atoms with Crippen LogP contribution < -0.4 is 0 Å². The van der Waals surface area contributed by atoms with Crippen LogP contribution >= 0.6 is 0 Å². The summed E-state index contributed by atoms with van der Waals surface area (Å²) in [5.41, 5.74) is 0. The summed E-state index contributed by atoms with van der Waals surface area (Å²) in [5.74, 6) is -0.995. The molecule has 0 aliphatic carbocycles. The van der Waals surface area contributed by atoms with Crippen molar-refractivity contribution >= 4 is 17.9 Å². The van der Waals surface area contributed by atoms with Crippen LogP contribution in [0.4, 0.5) is 0 Å². The number of carbonyl (C=O) groups excluding carboxylic acids is 3. The molecule has 0 radical (unpaired) electrons. The highest BCUT2D eigenvalue weighted by Crippen LogP contribution is 2.13. The first-order valence-electron chi connectivity index (χ1n) is 22.8. The van der Waals surface area contributed by atoms with Crippen molar-refractivity contribution in [3.63, 3.8) is 0 Å². The molecule has 57 heavy (non-hydrogen) atoms. The van der Waals surface area contributed by atoms with Crippen LogP contribution in [0, 0.1) is 0 Å². The highest BCUT2D eigenvalue weighted by molar-refractivity contribution is 5.71. The van der Waals surface area contributed by atoms with Crippen LogP contribution in [0.2, 0.25) is 0 Å². The van der Waals surface area contributed by atoms with Gasteiger partial charge in [-0.2, -0.15) is 0 Å². The van der Waals surface area contributed by atoms with Gasteiger partial charge in [-0.3, -0.25) is 14.4 Å². The van der Waals surface area contributed by atoms with E-state index in [1.54, 1.807) is 0 Å². The lowest BCUT2D eigenvalue weighted by atomic mass is 10.1. The second kappa shape index (κ2) is 45.0. The molecule has 322 valence electrons. The zero-order valence-electron chi connectivity index (χ0n) is 36.6. The van der Waals surface area contributed by atoms with Gasteiger partial charge in [-0.15, -0.1) is 0 Å². The van der Waals surface area contributed by atoms with Crippen LogP contribution in [-0.2, 0) is 28.6 Å². The quantitative estimate of drug-likeness (QED) is 0.0203. The summed E-state index contributed by atoms with van der Waals surface area (Å²) in [6.07, 6.45) is 58.2. The van der Waals surface area contributed by atoms with Gasteiger partial charge >= 0.3 is 17.9 Å². The third-order valence-corrected chi connectivity index (χ3v) is 9.27. The first-order valence-corrected chi connectivity index (χ1v) is 22.8. The van der Waals surface area contributed by atoms with Gasteiger partial charge in [0.25, 0.3) is 0 Å². The fourth-order valence-electron chi connectivity index (χ4n) is 5.84. The fourth-order valence-corrected chi connectivity index (χ4v) is 5.84. The molecule has 0 saturated carbocycles. The molecule has 0 aromatic rings. The van der Waals surface area contributed by atoms with Gasteiger partial charge in [0.2, 0.25) is 0 Å². The minimum Gasteiger partial charge on any atom is -0.462 e. The zero-order chi connectivity index (χ0) is 41.5. The third kappa shape index (κ3) is 43.3. The predicted octanol–water partition coefficient (Wildman–Crippen LogP) is 14.6. The molecule has 0 aliphatic heterocycles. The molecule has 1 unspecified atom stereocenters. The second-order valence-corrected chi connectivity index (χ2v) is 14.8. The van der Waals surface area contributed by atoms with Crippen molar-refractivity contribution in [3.8, 4) is 0 Å². The minimum absolute atomic E-state index is 0.108. The van der Waals surface area contributed by atoms with Crippen molar-refractivity contribution < 1.29 is 28.6 Å². The Labute approximate surface area is 349 Å². The van der Waals surface area contributed by atoms with Crippen LogP contribution in [0.15, 0.2) is 97.2 Å². The molecule has 0 rings (SSSR count). The van der Waals surface area contributed by atoms with E-state index >= 15 is 0 Å². The van der Waals surface area contributed by atoms with E-state index in [0.717, 1.165) is 64.2 Å². The highest BCUT2D eigenvalue weighted by Gasteiger charge is 2.19. The number of unbranched alkanes of at least 4 members (excludes halogenated alkanes) is 18. The average molecular weight is 791 g/mol. The molecular formula is C51H82O6. The molecule has 1 atom stereocenters. The van der Waals surface area contributed by atoms with Gasteiger partial charge in [0.05, 0.1) is 0 Å². The summed E-state index contributed by atoms with van der Waals surface area (Å²) in [6.45, 7) is 6.35. The van der Waals surface area contributed by atoms with E-state index in [2.05, 4.69) is 45.1 Å². The predicted molar refractivity (Wildman–Crippen MR) is 242 cm³/mol. The lowest BCUT2D eigenvalue weighted by molar-refractivity contribution is -0.167. The fraction of sp³-hybridized carbons (Fsp3) is 0.627. The Morgan fingerprint density at radius 2 is 0.719 bits per heavy atom. The summed E-state index contributed by atoms with van der Waals surface area (Å²) >= 11 is 0. The Bertz CT molecular complexity index is 1180.